The summed E-state index contributed by atoms with van der Waals surface area (Å²) in [4.78, 5) is 29.1. The Morgan fingerprint density at radius 2 is 2.19 bits per heavy atom. The fraction of sp³-hybridized carbons (Fsp3) is 0.200. The monoisotopic (exact) mass is 362 g/mol. The fourth-order valence-electron chi connectivity index (χ4n) is 2.71. The number of nitrogens with one attached hydrogen (secondary N) is 2. The highest BCUT2D eigenvalue weighted by Gasteiger charge is 2.19. The summed E-state index contributed by atoms with van der Waals surface area (Å²) in [5.74, 6) is -0.480. The third-order valence-corrected chi connectivity index (χ3v) is 4.03. The summed E-state index contributed by atoms with van der Waals surface area (Å²) in [6, 6.07) is 14.0. The van der Waals surface area contributed by atoms with E-state index in [1.54, 1.807) is 43.5 Å². The van der Waals surface area contributed by atoms with Gasteiger partial charge in [0.1, 0.15) is 0 Å². The number of aliphatic imine (C=N–C) groups is 1. The highest BCUT2D eigenvalue weighted by atomic mass is 16.5. The minimum Gasteiger partial charge on any atom is -0.383 e. The second-order valence-corrected chi connectivity index (χ2v) is 5.96. The van der Waals surface area contributed by atoms with Gasteiger partial charge in [-0.2, -0.15) is 5.26 Å². The summed E-state index contributed by atoms with van der Waals surface area (Å²) in [6.45, 7) is 0.819. The molecule has 7 nitrogen and oxygen atoms in total. The van der Waals surface area contributed by atoms with Crippen molar-refractivity contribution in [1.82, 2.24) is 5.32 Å². The van der Waals surface area contributed by atoms with Crippen LogP contribution in [0, 0.1) is 11.3 Å². The number of nitriles is 1. The average Bonchev–Trinajstić information content (AvgIpc) is 2.85. The summed E-state index contributed by atoms with van der Waals surface area (Å²) >= 11 is 0. The molecule has 1 aliphatic rings. The molecule has 0 aromatic heterocycles. The molecule has 0 saturated heterocycles. The molecule has 2 N–H and O–H groups in total. The van der Waals surface area contributed by atoms with E-state index in [1.807, 2.05) is 6.07 Å². The van der Waals surface area contributed by atoms with Gasteiger partial charge in [-0.05, 0) is 35.9 Å². The molecule has 7 heteroatoms. The molecule has 2 amide bonds. The number of anilines is 1. The summed E-state index contributed by atoms with van der Waals surface area (Å²) in [6.07, 6.45) is 0.0823. The number of hydrogen-bond acceptors (Lipinski definition) is 5. The second kappa shape index (κ2) is 8.25. The Labute approximate surface area is 156 Å². The van der Waals surface area contributed by atoms with Gasteiger partial charge in [-0.15, -0.1) is 0 Å². The lowest BCUT2D eigenvalue weighted by Crippen LogP contribution is -2.27. The van der Waals surface area contributed by atoms with Crippen LogP contribution in [0.2, 0.25) is 0 Å². The third-order valence-electron chi connectivity index (χ3n) is 4.03. The van der Waals surface area contributed by atoms with Crippen molar-refractivity contribution in [3.63, 3.8) is 0 Å². The molecule has 0 saturated carbocycles. The maximum atomic E-state index is 12.3. The van der Waals surface area contributed by atoms with Crippen LogP contribution in [0.15, 0.2) is 47.5 Å². The van der Waals surface area contributed by atoms with Crippen LogP contribution in [-0.2, 0) is 9.53 Å². The quantitative estimate of drug-likeness (QED) is 0.797. The Morgan fingerprint density at radius 1 is 1.33 bits per heavy atom. The number of methoxy groups -OCH3 is 1. The molecule has 2 aromatic carbocycles. The Hall–Kier alpha value is -3.50. The van der Waals surface area contributed by atoms with Crippen LogP contribution >= 0.6 is 0 Å². The van der Waals surface area contributed by atoms with E-state index in [4.69, 9.17) is 10.00 Å². The minimum absolute atomic E-state index is 0.0823. The smallest absolute Gasteiger partial charge is 0.251 e. The topological polar surface area (TPSA) is 104 Å². The Balaban J connectivity index is 1.91. The number of rotatable bonds is 5. The number of fused-ring (bicyclic) bond motifs is 1. The van der Waals surface area contributed by atoms with Gasteiger partial charge in [0, 0.05) is 19.2 Å². The van der Waals surface area contributed by atoms with Crippen molar-refractivity contribution in [2.75, 3.05) is 25.6 Å². The average molecular weight is 362 g/mol. The summed E-state index contributed by atoms with van der Waals surface area (Å²) < 4.78 is 4.91. The van der Waals surface area contributed by atoms with Gasteiger partial charge in [-0.25, -0.2) is 0 Å². The minimum atomic E-state index is -0.251. The molecular weight excluding hydrogens is 344 g/mol. The standard InChI is InChI=1S/C20H18N4O3/c1-27-8-7-22-20(26)15-5-6-16-18(10-15)24-19(25)11-17(23-16)14-4-2-3-13(9-14)12-21/h2-6,9-10H,7-8,11H2,1H3,(H,22,26)(H,24,25). The van der Waals surface area contributed by atoms with Gasteiger partial charge in [0.25, 0.3) is 5.91 Å². The van der Waals surface area contributed by atoms with Gasteiger partial charge in [-0.3, -0.25) is 14.6 Å². The van der Waals surface area contributed by atoms with E-state index < -0.39 is 0 Å². The Kier molecular flexibility index (Phi) is 5.59. The zero-order valence-electron chi connectivity index (χ0n) is 14.8. The fourth-order valence-corrected chi connectivity index (χ4v) is 2.71. The van der Waals surface area contributed by atoms with E-state index in [9.17, 15) is 9.59 Å². The first-order chi connectivity index (χ1) is 13.1. The predicted molar refractivity (Wildman–Crippen MR) is 101 cm³/mol. The first-order valence-corrected chi connectivity index (χ1v) is 8.40. The van der Waals surface area contributed by atoms with Crippen molar-refractivity contribution in [3.05, 3.63) is 59.2 Å². The molecule has 0 bridgehead atoms. The number of carbonyl (C=O) groups is 2. The van der Waals surface area contributed by atoms with Crippen molar-refractivity contribution < 1.29 is 14.3 Å². The molecule has 0 spiro atoms. The van der Waals surface area contributed by atoms with E-state index in [-0.39, 0.29) is 18.2 Å². The lowest BCUT2D eigenvalue weighted by atomic mass is 10.0. The van der Waals surface area contributed by atoms with Gasteiger partial charge in [0.15, 0.2) is 0 Å². The molecule has 27 heavy (non-hydrogen) atoms. The van der Waals surface area contributed by atoms with Crippen molar-refractivity contribution in [2.24, 2.45) is 4.99 Å². The molecule has 136 valence electrons. The molecule has 0 aliphatic carbocycles. The summed E-state index contributed by atoms with van der Waals surface area (Å²) in [7, 11) is 1.56. The van der Waals surface area contributed by atoms with Gasteiger partial charge in [0.05, 0.1) is 41.7 Å². The second-order valence-electron chi connectivity index (χ2n) is 5.96. The highest BCUT2D eigenvalue weighted by Crippen LogP contribution is 2.30. The van der Waals surface area contributed by atoms with Crippen LogP contribution in [-0.4, -0.2) is 37.8 Å². The van der Waals surface area contributed by atoms with Gasteiger partial charge in [0.2, 0.25) is 5.91 Å². The normalized spacial score (nSPS) is 12.9. The van der Waals surface area contributed by atoms with Crippen LogP contribution in [0.1, 0.15) is 27.9 Å². The molecule has 3 rings (SSSR count). The van der Waals surface area contributed by atoms with Crippen molar-refractivity contribution in [2.45, 2.75) is 6.42 Å². The molecule has 0 fully saturated rings. The number of amides is 2. The zero-order chi connectivity index (χ0) is 19.2. The van der Waals surface area contributed by atoms with E-state index in [0.29, 0.717) is 41.4 Å². The number of hydrogen-bond donors (Lipinski definition) is 2. The molecular formula is C20H18N4O3. The number of ether oxygens (including phenoxy) is 1. The molecule has 1 aliphatic heterocycles. The highest BCUT2D eigenvalue weighted by molar-refractivity contribution is 6.17. The summed E-state index contributed by atoms with van der Waals surface area (Å²) in [5, 5.41) is 14.6. The molecule has 1 heterocycles. The van der Waals surface area contributed by atoms with E-state index in [1.165, 1.54) is 0 Å². The van der Waals surface area contributed by atoms with Crippen molar-refractivity contribution in [1.29, 1.82) is 5.26 Å². The van der Waals surface area contributed by atoms with Gasteiger partial charge >= 0.3 is 0 Å². The van der Waals surface area contributed by atoms with Crippen LogP contribution in [0.4, 0.5) is 11.4 Å². The number of nitrogens with zero attached hydrogens (tertiary/aromatic N) is 2. The predicted octanol–water partition coefficient (Wildman–Crippen LogP) is 2.40. The van der Waals surface area contributed by atoms with E-state index >= 15 is 0 Å². The largest absolute Gasteiger partial charge is 0.383 e. The Bertz CT molecular complexity index is 960. The first-order valence-electron chi connectivity index (χ1n) is 8.40. The third kappa shape index (κ3) is 4.37. The van der Waals surface area contributed by atoms with E-state index in [2.05, 4.69) is 21.7 Å². The van der Waals surface area contributed by atoms with E-state index in [0.717, 1.165) is 5.56 Å². The number of carbonyl (C=O) groups excluding carboxylic acids is 2. The SMILES string of the molecule is COCCNC(=O)c1ccc2c(c1)NC(=O)CC(c1cccc(C#N)c1)=N2. The van der Waals surface area contributed by atoms with Gasteiger partial charge < -0.3 is 15.4 Å². The van der Waals surface area contributed by atoms with Crippen LogP contribution < -0.4 is 10.6 Å². The molecule has 0 atom stereocenters. The Morgan fingerprint density at radius 3 is 2.96 bits per heavy atom. The zero-order valence-corrected chi connectivity index (χ0v) is 14.8. The molecule has 0 radical (unpaired) electrons. The lowest BCUT2D eigenvalue weighted by molar-refractivity contribution is -0.115. The van der Waals surface area contributed by atoms with Crippen LogP contribution in [0.5, 0.6) is 0 Å². The van der Waals surface area contributed by atoms with Crippen molar-refractivity contribution in [3.8, 4) is 6.07 Å². The maximum Gasteiger partial charge on any atom is 0.251 e. The maximum absolute atomic E-state index is 12.3. The molecule has 0 unspecified atom stereocenters. The summed E-state index contributed by atoms with van der Waals surface area (Å²) in [5.41, 5.74) is 3.26. The van der Waals surface area contributed by atoms with Gasteiger partial charge in [-0.1, -0.05) is 12.1 Å². The first kappa shape index (κ1) is 18.3. The van der Waals surface area contributed by atoms with Crippen molar-refractivity contribution >= 4 is 28.9 Å². The van der Waals surface area contributed by atoms with Crippen LogP contribution in [0.25, 0.3) is 0 Å². The number of benzene rings is 2. The lowest BCUT2D eigenvalue weighted by Gasteiger charge is -2.08. The van der Waals surface area contributed by atoms with Crippen LogP contribution in [0.3, 0.4) is 0 Å². The molecule has 2 aromatic rings.